The third-order valence-electron chi connectivity index (χ3n) is 5.20. The fourth-order valence-electron chi connectivity index (χ4n) is 3.55. The first-order chi connectivity index (χ1) is 14.5. The summed E-state index contributed by atoms with van der Waals surface area (Å²) in [5.41, 5.74) is 0.763. The van der Waals surface area contributed by atoms with Gasteiger partial charge in [-0.1, -0.05) is 6.42 Å². The first-order valence-electron chi connectivity index (χ1n) is 10.0. The van der Waals surface area contributed by atoms with E-state index in [4.69, 9.17) is 14.2 Å². The van der Waals surface area contributed by atoms with E-state index in [1.54, 1.807) is 39.5 Å². The molecule has 8 heteroatoms. The number of anilines is 1. The summed E-state index contributed by atoms with van der Waals surface area (Å²) in [5, 5.41) is 3.44. The van der Waals surface area contributed by atoms with Gasteiger partial charge in [-0.05, 0) is 50.1 Å². The molecule has 1 aromatic carbocycles. The van der Waals surface area contributed by atoms with Crippen LogP contribution in [0.1, 0.15) is 36.6 Å². The molecule has 1 N–H and O–H groups in total. The van der Waals surface area contributed by atoms with Crippen LogP contribution < -0.4 is 19.5 Å². The van der Waals surface area contributed by atoms with Gasteiger partial charge in [-0.15, -0.1) is 11.3 Å². The maximum Gasteiger partial charge on any atom is 0.250 e. The number of likely N-dealkylation sites (tertiary alicyclic amines) is 1. The van der Waals surface area contributed by atoms with Crippen molar-refractivity contribution in [1.82, 2.24) is 9.88 Å². The lowest BCUT2D eigenvalue weighted by molar-refractivity contribution is -0.111. The topological polar surface area (TPSA) is 72.9 Å². The molecule has 1 atom stereocenters. The van der Waals surface area contributed by atoms with E-state index >= 15 is 0 Å². The number of carbonyl (C=O) groups excluding carboxylic acids is 1. The molecule has 1 unspecified atom stereocenters. The number of thiazole rings is 1. The third kappa shape index (κ3) is 5.52. The second-order valence-electron chi connectivity index (χ2n) is 7.23. The van der Waals surface area contributed by atoms with Crippen LogP contribution in [-0.4, -0.2) is 49.7 Å². The molecule has 1 aliphatic rings. The van der Waals surface area contributed by atoms with Gasteiger partial charge in [-0.25, -0.2) is 4.98 Å². The van der Waals surface area contributed by atoms with E-state index in [0.29, 0.717) is 28.4 Å². The average Bonchev–Trinajstić information content (AvgIpc) is 3.19. The summed E-state index contributed by atoms with van der Waals surface area (Å²) in [7, 11) is 4.67. The number of ether oxygens (including phenoxy) is 3. The normalized spacial score (nSPS) is 17.1. The van der Waals surface area contributed by atoms with Gasteiger partial charge in [0.15, 0.2) is 16.6 Å². The zero-order valence-electron chi connectivity index (χ0n) is 17.9. The number of carbonyl (C=O) groups is 1. The van der Waals surface area contributed by atoms with Crippen LogP contribution >= 0.6 is 11.3 Å². The van der Waals surface area contributed by atoms with Crippen molar-refractivity contribution in [2.75, 3.05) is 33.2 Å². The standard InChI is InChI=1S/C22H29N3O4S/c1-15-7-5-6-10-25(15)14-17-13-23-22(30-17)24-20(26)9-8-16-11-18(27-2)21(29-4)19(12-16)28-3/h8-9,11-13,15H,5-7,10,14H2,1-4H3,(H,23,24,26)/b9-8+. The second kappa shape index (κ2) is 10.4. The summed E-state index contributed by atoms with van der Waals surface area (Å²) in [4.78, 5) is 20.3. The van der Waals surface area contributed by atoms with Crippen LogP contribution in [0.2, 0.25) is 0 Å². The van der Waals surface area contributed by atoms with Crippen molar-refractivity contribution in [1.29, 1.82) is 0 Å². The Morgan fingerprint density at radius 2 is 1.97 bits per heavy atom. The Labute approximate surface area is 181 Å². The van der Waals surface area contributed by atoms with E-state index in [-0.39, 0.29) is 5.91 Å². The van der Waals surface area contributed by atoms with Gasteiger partial charge in [-0.3, -0.25) is 15.0 Å². The monoisotopic (exact) mass is 431 g/mol. The maximum absolute atomic E-state index is 12.3. The number of benzene rings is 1. The quantitative estimate of drug-likeness (QED) is 0.632. The van der Waals surface area contributed by atoms with Crippen LogP contribution in [0, 0.1) is 0 Å². The van der Waals surface area contributed by atoms with Gasteiger partial charge in [0.25, 0.3) is 0 Å². The van der Waals surface area contributed by atoms with Crippen LogP contribution in [0.4, 0.5) is 5.13 Å². The van der Waals surface area contributed by atoms with Crippen LogP contribution in [0.25, 0.3) is 6.08 Å². The molecule has 1 saturated heterocycles. The van der Waals surface area contributed by atoms with Gasteiger partial charge in [0.1, 0.15) is 0 Å². The minimum absolute atomic E-state index is 0.240. The number of nitrogens with zero attached hydrogens (tertiary/aromatic N) is 2. The van der Waals surface area contributed by atoms with Gasteiger partial charge in [0.2, 0.25) is 11.7 Å². The molecule has 1 aromatic heterocycles. The smallest absolute Gasteiger partial charge is 0.250 e. The maximum atomic E-state index is 12.3. The van der Waals surface area contributed by atoms with Crippen molar-refractivity contribution < 1.29 is 19.0 Å². The molecule has 1 fully saturated rings. The minimum atomic E-state index is -0.240. The summed E-state index contributed by atoms with van der Waals surface area (Å²) in [6.45, 7) is 4.28. The molecule has 1 aliphatic heterocycles. The average molecular weight is 432 g/mol. The molecule has 1 amide bonds. The van der Waals surface area contributed by atoms with Gasteiger partial charge < -0.3 is 14.2 Å². The predicted octanol–water partition coefficient (Wildman–Crippen LogP) is 4.20. The highest BCUT2D eigenvalue weighted by atomic mass is 32.1. The Bertz CT molecular complexity index is 871. The Kier molecular flexibility index (Phi) is 7.70. The van der Waals surface area contributed by atoms with Crippen molar-refractivity contribution >= 4 is 28.5 Å². The highest BCUT2D eigenvalue weighted by Crippen LogP contribution is 2.38. The highest BCUT2D eigenvalue weighted by Gasteiger charge is 2.19. The van der Waals surface area contributed by atoms with Gasteiger partial charge in [0.05, 0.1) is 21.3 Å². The minimum Gasteiger partial charge on any atom is -0.493 e. The van der Waals surface area contributed by atoms with E-state index in [0.717, 1.165) is 23.5 Å². The van der Waals surface area contributed by atoms with Gasteiger partial charge in [-0.2, -0.15) is 0 Å². The largest absolute Gasteiger partial charge is 0.493 e. The highest BCUT2D eigenvalue weighted by molar-refractivity contribution is 7.15. The van der Waals surface area contributed by atoms with E-state index in [2.05, 4.69) is 22.1 Å². The molecular weight excluding hydrogens is 402 g/mol. The molecule has 3 rings (SSSR count). The lowest BCUT2D eigenvalue weighted by atomic mass is 10.0. The SMILES string of the molecule is COc1cc(/C=C/C(=O)Nc2ncc(CN3CCCCC3C)s2)cc(OC)c1OC. The van der Waals surface area contributed by atoms with E-state index < -0.39 is 0 Å². The Hall–Kier alpha value is -2.58. The molecule has 2 heterocycles. The number of piperidine rings is 1. The summed E-state index contributed by atoms with van der Waals surface area (Å²) in [6, 6.07) is 4.17. The van der Waals surface area contributed by atoms with E-state index in [1.807, 2.05) is 6.20 Å². The zero-order valence-corrected chi connectivity index (χ0v) is 18.8. The molecular formula is C22H29N3O4S. The first kappa shape index (κ1) is 22.1. The van der Waals surface area contributed by atoms with Crippen molar-refractivity contribution in [2.45, 2.75) is 38.8 Å². The van der Waals surface area contributed by atoms with Crippen molar-refractivity contribution in [3.63, 3.8) is 0 Å². The number of methoxy groups -OCH3 is 3. The Morgan fingerprint density at radius 1 is 1.23 bits per heavy atom. The summed E-state index contributed by atoms with van der Waals surface area (Å²) < 4.78 is 16.0. The summed E-state index contributed by atoms with van der Waals surface area (Å²) in [6.07, 6.45) is 8.81. The van der Waals surface area contributed by atoms with Crippen molar-refractivity contribution in [3.8, 4) is 17.2 Å². The molecule has 0 spiro atoms. The number of nitrogens with one attached hydrogen (secondary N) is 1. The van der Waals surface area contributed by atoms with E-state index in [9.17, 15) is 4.79 Å². The van der Waals surface area contributed by atoms with E-state index in [1.165, 1.54) is 36.7 Å². The van der Waals surface area contributed by atoms with Gasteiger partial charge >= 0.3 is 0 Å². The first-order valence-corrected chi connectivity index (χ1v) is 10.8. The molecule has 7 nitrogen and oxygen atoms in total. The second-order valence-corrected chi connectivity index (χ2v) is 8.34. The van der Waals surface area contributed by atoms with Crippen LogP contribution in [-0.2, 0) is 11.3 Å². The molecule has 30 heavy (non-hydrogen) atoms. The van der Waals surface area contributed by atoms with Crippen LogP contribution in [0.3, 0.4) is 0 Å². The number of amides is 1. The number of hydrogen-bond donors (Lipinski definition) is 1. The fraction of sp³-hybridized carbons (Fsp3) is 0.455. The third-order valence-corrected chi connectivity index (χ3v) is 6.09. The molecule has 2 aromatic rings. The van der Waals surface area contributed by atoms with Crippen LogP contribution in [0.15, 0.2) is 24.4 Å². The molecule has 0 aliphatic carbocycles. The number of hydrogen-bond acceptors (Lipinski definition) is 7. The van der Waals surface area contributed by atoms with Crippen LogP contribution in [0.5, 0.6) is 17.2 Å². The molecule has 0 bridgehead atoms. The molecule has 0 radical (unpaired) electrons. The van der Waals surface area contributed by atoms with Crippen molar-refractivity contribution in [3.05, 3.63) is 34.8 Å². The Balaban J connectivity index is 1.62. The fourth-order valence-corrected chi connectivity index (χ4v) is 4.39. The Morgan fingerprint density at radius 3 is 2.60 bits per heavy atom. The number of rotatable bonds is 8. The summed E-state index contributed by atoms with van der Waals surface area (Å²) in [5.74, 6) is 1.35. The molecule has 162 valence electrons. The lowest BCUT2D eigenvalue weighted by Gasteiger charge is -2.32. The summed E-state index contributed by atoms with van der Waals surface area (Å²) >= 11 is 1.52. The van der Waals surface area contributed by atoms with Gasteiger partial charge in [0, 0.05) is 29.7 Å². The van der Waals surface area contributed by atoms with Crippen molar-refractivity contribution in [2.24, 2.45) is 0 Å². The zero-order chi connectivity index (χ0) is 21.5. The lowest BCUT2D eigenvalue weighted by Crippen LogP contribution is -2.36. The molecule has 0 saturated carbocycles. The predicted molar refractivity (Wildman–Crippen MR) is 120 cm³/mol. The number of aromatic nitrogens is 1.